The number of nitrogens with zero attached hydrogens (tertiary/aromatic N) is 2. The molecule has 0 saturated carbocycles. The van der Waals surface area contributed by atoms with Crippen molar-refractivity contribution in [1.29, 1.82) is 0 Å². The Balaban J connectivity index is 1.53. The molecule has 3 aromatic carbocycles. The van der Waals surface area contributed by atoms with Crippen LogP contribution in [0.15, 0.2) is 66.7 Å². The van der Waals surface area contributed by atoms with Crippen LogP contribution >= 0.6 is 23.2 Å². The zero-order valence-corrected chi connectivity index (χ0v) is 17.4. The van der Waals surface area contributed by atoms with Crippen LogP contribution in [0.25, 0.3) is 11.0 Å². The van der Waals surface area contributed by atoms with Gasteiger partial charge in [0.05, 0.1) is 22.6 Å². The maximum absolute atomic E-state index is 13.2. The molecular weight excluding hydrogens is 426 g/mol. The largest absolute Gasteiger partial charge is 0.489 e. The van der Waals surface area contributed by atoms with Gasteiger partial charge in [0.2, 0.25) is 0 Å². The third kappa shape index (κ3) is 4.75. The average Bonchev–Trinajstić information content (AvgIpc) is 3.06. The number of halogens is 3. The van der Waals surface area contributed by atoms with E-state index in [9.17, 15) is 9.50 Å². The van der Waals surface area contributed by atoms with Crippen molar-refractivity contribution in [3.05, 3.63) is 94.0 Å². The molecule has 4 aromatic rings. The number of rotatable bonds is 7. The molecular formula is C23H19Cl2FN2O2. The minimum Gasteiger partial charge on any atom is -0.489 e. The van der Waals surface area contributed by atoms with E-state index in [1.54, 1.807) is 30.3 Å². The normalized spacial score (nSPS) is 12.3. The van der Waals surface area contributed by atoms with E-state index in [1.165, 1.54) is 12.1 Å². The van der Waals surface area contributed by atoms with Crippen LogP contribution in [0, 0.1) is 5.82 Å². The fraction of sp³-hybridized carbons (Fsp3) is 0.174. The van der Waals surface area contributed by atoms with Crippen molar-refractivity contribution in [1.82, 2.24) is 9.55 Å². The van der Waals surface area contributed by atoms with Gasteiger partial charge in [0.15, 0.2) is 0 Å². The van der Waals surface area contributed by atoms with Crippen molar-refractivity contribution in [3.8, 4) is 5.75 Å². The van der Waals surface area contributed by atoms with Gasteiger partial charge in [-0.25, -0.2) is 9.37 Å². The molecule has 1 N–H and O–H groups in total. The van der Waals surface area contributed by atoms with Gasteiger partial charge in [-0.3, -0.25) is 0 Å². The van der Waals surface area contributed by atoms with Gasteiger partial charge in [-0.2, -0.15) is 0 Å². The van der Waals surface area contributed by atoms with Crippen LogP contribution < -0.4 is 4.74 Å². The van der Waals surface area contributed by atoms with Crippen molar-refractivity contribution in [2.75, 3.05) is 6.61 Å². The molecule has 0 amide bonds. The lowest BCUT2D eigenvalue weighted by Crippen LogP contribution is -2.24. The molecule has 0 bridgehead atoms. The van der Waals surface area contributed by atoms with Crippen LogP contribution in [-0.4, -0.2) is 27.4 Å². The Morgan fingerprint density at radius 2 is 1.80 bits per heavy atom. The van der Waals surface area contributed by atoms with Gasteiger partial charge < -0.3 is 14.4 Å². The van der Waals surface area contributed by atoms with E-state index in [4.69, 9.17) is 32.9 Å². The van der Waals surface area contributed by atoms with Gasteiger partial charge in [0, 0.05) is 11.4 Å². The summed E-state index contributed by atoms with van der Waals surface area (Å²) in [4.78, 5) is 4.71. The highest BCUT2D eigenvalue weighted by Gasteiger charge is 2.16. The predicted molar refractivity (Wildman–Crippen MR) is 117 cm³/mol. The maximum atomic E-state index is 13.2. The third-order valence-electron chi connectivity index (χ3n) is 4.73. The maximum Gasteiger partial charge on any atom is 0.138 e. The molecule has 4 nitrogen and oxygen atoms in total. The third-order valence-corrected chi connectivity index (χ3v) is 5.26. The number of fused-ring (bicyclic) bond motifs is 1. The van der Waals surface area contributed by atoms with Crippen LogP contribution in [0.1, 0.15) is 11.4 Å². The van der Waals surface area contributed by atoms with Gasteiger partial charge in [-0.1, -0.05) is 47.5 Å². The molecule has 0 aliphatic carbocycles. The smallest absolute Gasteiger partial charge is 0.138 e. The molecule has 1 heterocycles. The van der Waals surface area contributed by atoms with Crippen LogP contribution in [-0.2, 0) is 13.0 Å². The zero-order chi connectivity index (χ0) is 21.1. The number of aromatic nitrogens is 2. The summed E-state index contributed by atoms with van der Waals surface area (Å²) >= 11 is 12.0. The number of ether oxygens (including phenoxy) is 1. The fourth-order valence-electron chi connectivity index (χ4n) is 3.29. The number of para-hydroxylation sites is 2. The second-order valence-electron chi connectivity index (χ2n) is 6.97. The summed E-state index contributed by atoms with van der Waals surface area (Å²) in [5, 5.41) is 11.5. The van der Waals surface area contributed by atoms with Crippen LogP contribution in [0.2, 0.25) is 10.0 Å². The lowest BCUT2D eigenvalue weighted by molar-refractivity contribution is 0.0928. The van der Waals surface area contributed by atoms with Crippen LogP contribution in [0.3, 0.4) is 0 Å². The van der Waals surface area contributed by atoms with Crippen LogP contribution in [0.4, 0.5) is 4.39 Å². The first-order valence-corrected chi connectivity index (χ1v) is 10.2. The van der Waals surface area contributed by atoms with E-state index in [0.29, 0.717) is 28.8 Å². The Bertz CT molecular complexity index is 1160. The molecule has 1 unspecified atom stereocenters. The lowest BCUT2D eigenvalue weighted by atomic mass is 10.1. The van der Waals surface area contributed by atoms with Crippen LogP contribution in [0.5, 0.6) is 5.75 Å². The summed E-state index contributed by atoms with van der Waals surface area (Å²) in [5.74, 6) is 0.967. The zero-order valence-electron chi connectivity index (χ0n) is 15.9. The molecule has 0 aliphatic heterocycles. The Hall–Kier alpha value is -2.60. The summed E-state index contributed by atoms with van der Waals surface area (Å²) < 4.78 is 20.9. The number of aliphatic hydroxyl groups is 1. The Labute approximate surface area is 183 Å². The Morgan fingerprint density at radius 3 is 2.57 bits per heavy atom. The van der Waals surface area contributed by atoms with Crippen molar-refractivity contribution in [3.63, 3.8) is 0 Å². The average molecular weight is 445 g/mol. The van der Waals surface area contributed by atoms with Gasteiger partial charge in [-0.15, -0.1) is 0 Å². The van der Waals surface area contributed by atoms with Gasteiger partial charge in [0.1, 0.15) is 30.1 Å². The molecule has 0 radical (unpaired) electrons. The lowest BCUT2D eigenvalue weighted by Gasteiger charge is -2.16. The molecule has 0 saturated heterocycles. The standard InChI is InChI=1S/C23H19Cl2FN2O2/c24-16-7-10-22(19(25)12-16)30-14-18(29)13-28-21-4-2-1-3-20(21)27-23(28)11-15-5-8-17(26)9-6-15/h1-10,12,18,29H,11,13-14H2. The van der Waals surface area contributed by atoms with E-state index in [2.05, 4.69) is 0 Å². The first kappa shape index (κ1) is 20.7. The molecule has 4 rings (SSSR count). The molecule has 1 atom stereocenters. The molecule has 0 fully saturated rings. The Morgan fingerprint density at radius 1 is 1.03 bits per heavy atom. The predicted octanol–water partition coefficient (Wildman–Crippen LogP) is 5.51. The summed E-state index contributed by atoms with van der Waals surface area (Å²) in [7, 11) is 0. The number of aliphatic hydroxyl groups excluding tert-OH is 1. The van der Waals surface area contributed by atoms with E-state index in [0.717, 1.165) is 22.4 Å². The minimum absolute atomic E-state index is 0.0594. The van der Waals surface area contributed by atoms with Crippen molar-refractivity contribution < 1.29 is 14.2 Å². The minimum atomic E-state index is -0.790. The number of benzene rings is 3. The SMILES string of the molecule is OC(COc1ccc(Cl)cc1Cl)Cn1c(Cc2ccc(F)cc2)nc2ccccc21. The fourth-order valence-corrected chi connectivity index (χ4v) is 3.75. The van der Waals surface area contributed by atoms with E-state index < -0.39 is 6.10 Å². The van der Waals surface area contributed by atoms with Gasteiger partial charge in [-0.05, 0) is 48.0 Å². The highest BCUT2D eigenvalue weighted by molar-refractivity contribution is 6.35. The molecule has 154 valence electrons. The topological polar surface area (TPSA) is 47.3 Å². The summed E-state index contributed by atoms with van der Waals surface area (Å²) in [6, 6.07) is 19.0. The molecule has 7 heteroatoms. The van der Waals surface area contributed by atoms with E-state index in [1.807, 2.05) is 28.8 Å². The van der Waals surface area contributed by atoms with Crippen molar-refractivity contribution in [2.24, 2.45) is 0 Å². The first-order chi connectivity index (χ1) is 14.5. The van der Waals surface area contributed by atoms with E-state index in [-0.39, 0.29) is 12.4 Å². The number of imidazole rings is 1. The second kappa shape index (κ2) is 9.04. The molecule has 0 aliphatic rings. The molecule has 0 spiro atoms. The van der Waals surface area contributed by atoms with Gasteiger partial charge >= 0.3 is 0 Å². The van der Waals surface area contributed by atoms with E-state index >= 15 is 0 Å². The number of hydrogen-bond acceptors (Lipinski definition) is 3. The summed E-state index contributed by atoms with van der Waals surface area (Å²) in [6.07, 6.45) is -0.271. The second-order valence-corrected chi connectivity index (χ2v) is 7.81. The highest BCUT2D eigenvalue weighted by atomic mass is 35.5. The van der Waals surface area contributed by atoms with Gasteiger partial charge in [0.25, 0.3) is 0 Å². The summed E-state index contributed by atoms with van der Waals surface area (Å²) in [6.45, 7) is 0.353. The number of hydrogen-bond donors (Lipinski definition) is 1. The monoisotopic (exact) mass is 444 g/mol. The molecule has 1 aromatic heterocycles. The Kier molecular flexibility index (Phi) is 6.23. The quantitative estimate of drug-likeness (QED) is 0.408. The highest BCUT2D eigenvalue weighted by Crippen LogP contribution is 2.27. The first-order valence-electron chi connectivity index (χ1n) is 9.44. The summed E-state index contributed by atoms with van der Waals surface area (Å²) in [5.41, 5.74) is 2.69. The van der Waals surface area contributed by atoms with Crippen molar-refractivity contribution >= 4 is 34.2 Å². The van der Waals surface area contributed by atoms with Crippen molar-refractivity contribution in [2.45, 2.75) is 19.1 Å². The molecule has 30 heavy (non-hydrogen) atoms.